The molecule has 0 aromatic carbocycles. The standard InChI is InChI=1S/C11H25N3O3S.ClH/c1-5-14(18(4,16)17)8-6-7-13-11(15)10(2)9-12-3;/h10,12H,5-9H2,1-4H3,(H,13,15);1H. The van der Waals surface area contributed by atoms with Gasteiger partial charge in [0.05, 0.1) is 6.26 Å². The van der Waals surface area contributed by atoms with Crippen LogP contribution in [0.15, 0.2) is 0 Å². The summed E-state index contributed by atoms with van der Waals surface area (Å²) >= 11 is 0. The number of rotatable bonds is 9. The van der Waals surface area contributed by atoms with Crippen LogP contribution in [0.25, 0.3) is 0 Å². The van der Waals surface area contributed by atoms with Crippen LogP contribution in [0.2, 0.25) is 0 Å². The van der Waals surface area contributed by atoms with E-state index in [1.807, 2.05) is 6.92 Å². The van der Waals surface area contributed by atoms with E-state index in [2.05, 4.69) is 10.6 Å². The molecule has 1 amide bonds. The van der Waals surface area contributed by atoms with Gasteiger partial charge >= 0.3 is 0 Å². The lowest BCUT2D eigenvalue weighted by molar-refractivity contribution is -0.124. The summed E-state index contributed by atoms with van der Waals surface area (Å²) in [6, 6.07) is 0. The predicted molar refractivity (Wildman–Crippen MR) is 80.1 cm³/mol. The lowest BCUT2D eigenvalue weighted by atomic mass is 10.1. The number of nitrogens with one attached hydrogen (secondary N) is 2. The van der Waals surface area contributed by atoms with Crippen molar-refractivity contribution in [1.82, 2.24) is 14.9 Å². The molecule has 0 saturated heterocycles. The van der Waals surface area contributed by atoms with Gasteiger partial charge in [-0.25, -0.2) is 12.7 Å². The van der Waals surface area contributed by atoms with Crippen LogP contribution in [-0.4, -0.2) is 58.1 Å². The minimum absolute atomic E-state index is 0. The van der Waals surface area contributed by atoms with Gasteiger partial charge in [-0.2, -0.15) is 0 Å². The molecule has 0 spiro atoms. The smallest absolute Gasteiger partial charge is 0.224 e. The third kappa shape index (κ3) is 9.21. The first kappa shape index (κ1) is 20.9. The largest absolute Gasteiger partial charge is 0.356 e. The number of hydrogen-bond acceptors (Lipinski definition) is 4. The number of carbonyl (C=O) groups is 1. The van der Waals surface area contributed by atoms with E-state index in [1.54, 1.807) is 14.0 Å². The molecule has 1 atom stereocenters. The van der Waals surface area contributed by atoms with Crippen molar-refractivity contribution in [3.63, 3.8) is 0 Å². The van der Waals surface area contributed by atoms with Crippen LogP contribution in [-0.2, 0) is 14.8 Å². The zero-order valence-electron chi connectivity index (χ0n) is 12.1. The summed E-state index contributed by atoms with van der Waals surface area (Å²) in [5.74, 6) is -0.0843. The van der Waals surface area contributed by atoms with Crippen LogP contribution in [0.1, 0.15) is 20.3 Å². The van der Waals surface area contributed by atoms with Gasteiger partial charge in [0.25, 0.3) is 0 Å². The predicted octanol–water partition coefficient (Wildman–Crippen LogP) is 0.0515. The molecule has 2 N–H and O–H groups in total. The maximum atomic E-state index is 11.6. The summed E-state index contributed by atoms with van der Waals surface area (Å²) in [5.41, 5.74) is 0. The average molecular weight is 316 g/mol. The number of hydrogen-bond donors (Lipinski definition) is 2. The highest BCUT2D eigenvalue weighted by Crippen LogP contribution is 1.98. The highest BCUT2D eigenvalue weighted by molar-refractivity contribution is 7.88. The van der Waals surface area contributed by atoms with E-state index < -0.39 is 10.0 Å². The normalized spacial score (nSPS) is 12.9. The van der Waals surface area contributed by atoms with Gasteiger partial charge in [0, 0.05) is 32.1 Å². The van der Waals surface area contributed by atoms with Crippen LogP contribution in [0, 0.1) is 5.92 Å². The van der Waals surface area contributed by atoms with Crippen LogP contribution in [0.5, 0.6) is 0 Å². The zero-order valence-corrected chi connectivity index (χ0v) is 13.7. The van der Waals surface area contributed by atoms with Gasteiger partial charge in [0.15, 0.2) is 0 Å². The molecule has 116 valence electrons. The fourth-order valence-electron chi connectivity index (χ4n) is 1.60. The minimum atomic E-state index is -3.13. The molecular formula is C11H26ClN3O3S. The second kappa shape index (κ2) is 10.4. The monoisotopic (exact) mass is 315 g/mol. The molecule has 0 rings (SSSR count). The second-order valence-corrected chi connectivity index (χ2v) is 6.34. The SMILES string of the molecule is CCN(CCCNC(=O)C(C)CNC)S(C)(=O)=O.Cl. The molecule has 0 fully saturated rings. The Bertz CT molecular complexity index is 349. The molecule has 0 aliphatic heterocycles. The Morgan fingerprint density at radius 3 is 2.37 bits per heavy atom. The van der Waals surface area contributed by atoms with Crippen LogP contribution in [0.3, 0.4) is 0 Å². The molecule has 0 aromatic heterocycles. The molecule has 0 saturated carbocycles. The summed E-state index contributed by atoms with van der Waals surface area (Å²) in [7, 11) is -1.33. The number of halogens is 1. The maximum Gasteiger partial charge on any atom is 0.224 e. The Morgan fingerprint density at radius 2 is 1.95 bits per heavy atom. The van der Waals surface area contributed by atoms with E-state index in [4.69, 9.17) is 0 Å². The van der Waals surface area contributed by atoms with Gasteiger partial charge in [-0.05, 0) is 13.5 Å². The molecule has 8 heteroatoms. The maximum absolute atomic E-state index is 11.6. The first-order valence-electron chi connectivity index (χ1n) is 6.20. The first-order chi connectivity index (χ1) is 8.32. The Hall–Kier alpha value is -0.370. The van der Waals surface area contributed by atoms with Crippen molar-refractivity contribution < 1.29 is 13.2 Å². The van der Waals surface area contributed by atoms with E-state index in [-0.39, 0.29) is 24.2 Å². The van der Waals surface area contributed by atoms with Crippen molar-refractivity contribution in [2.24, 2.45) is 5.92 Å². The summed E-state index contributed by atoms with van der Waals surface area (Å²) in [6.45, 7) is 5.68. The second-order valence-electron chi connectivity index (χ2n) is 4.36. The number of nitrogens with zero attached hydrogens (tertiary/aromatic N) is 1. The molecule has 0 bridgehead atoms. The molecule has 19 heavy (non-hydrogen) atoms. The third-order valence-corrected chi connectivity index (χ3v) is 4.04. The van der Waals surface area contributed by atoms with E-state index in [9.17, 15) is 13.2 Å². The Kier molecular flexibility index (Phi) is 11.5. The van der Waals surface area contributed by atoms with Gasteiger partial charge in [0.2, 0.25) is 15.9 Å². The van der Waals surface area contributed by atoms with Crippen LogP contribution >= 0.6 is 12.4 Å². The van der Waals surface area contributed by atoms with Crippen molar-refractivity contribution in [3.8, 4) is 0 Å². The number of carbonyl (C=O) groups excluding carboxylic acids is 1. The molecular weight excluding hydrogens is 290 g/mol. The van der Waals surface area contributed by atoms with Gasteiger partial charge in [0.1, 0.15) is 0 Å². The summed E-state index contributed by atoms with van der Waals surface area (Å²) in [4.78, 5) is 11.6. The Morgan fingerprint density at radius 1 is 1.37 bits per heavy atom. The van der Waals surface area contributed by atoms with E-state index >= 15 is 0 Å². The highest BCUT2D eigenvalue weighted by atomic mass is 35.5. The van der Waals surface area contributed by atoms with Gasteiger partial charge < -0.3 is 10.6 Å². The molecule has 0 aliphatic carbocycles. The Balaban J connectivity index is 0. The van der Waals surface area contributed by atoms with Crippen LogP contribution < -0.4 is 10.6 Å². The third-order valence-electron chi connectivity index (χ3n) is 2.66. The molecule has 1 unspecified atom stereocenters. The van der Waals surface area contributed by atoms with Gasteiger partial charge in [-0.3, -0.25) is 4.79 Å². The Labute approximate surface area is 122 Å². The van der Waals surface area contributed by atoms with Crippen molar-refractivity contribution in [1.29, 1.82) is 0 Å². The summed E-state index contributed by atoms with van der Waals surface area (Å²) in [6.07, 6.45) is 1.82. The minimum Gasteiger partial charge on any atom is -0.356 e. The molecule has 6 nitrogen and oxygen atoms in total. The van der Waals surface area contributed by atoms with E-state index in [0.717, 1.165) is 0 Å². The quantitative estimate of drug-likeness (QED) is 0.589. The topological polar surface area (TPSA) is 78.5 Å². The van der Waals surface area contributed by atoms with Crippen LogP contribution in [0.4, 0.5) is 0 Å². The van der Waals surface area contributed by atoms with Crippen molar-refractivity contribution in [2.75, 3.05) is 39.5 Å². The first-order valence-corrected chi connectivity index (χ1v) is 8.05. The van der Waals surface area contributed by atoms with E-state index in [0.29, 0.717) is 32.6 Å². The number of sulfonamides is 1. The summed E-state index contributed by atoms with van der Waals surface area (Å²) in [5, 5.41) is 5.74. The number of amides is 1. The lowest BCUT2D eigenvalue weighted by Crippen LogP contribution is -2.37. The molecule has 0 radical (unpaired) electrons. The molecule has 0 aromatic rings. The van der Waals surface area contributed by atoms with E-state index in [1.165, 1.54) is 10.6 Å². The zero-order chi connectivity index (χ0) is 14.2. The lowest BCUT2D eigenvalue weighted by Gasteiger charge is -2.18. The molecule has 0 aliphatic rings. The average Bonchev–Trinajstić information content (AvgIpc) is 2.27. The fourth-order valence-corrected chi connectivity index (χ4v) is 2.53. The van der Waals surface area contributed by atoms with Gasteiger partial charge in [-0.1, -0.05) is 13.8 Å². The van der Waals surface area contributed by atoms with Gasteiger partial charge in [-0.15, -0.1) is 12.4 Å². The van der Waals surface area contributed by atoms with Crippen molar-refractivity contribution in [2.45, 2.75) is 20.3 Å². The van der Waals surface area contributed by atoms with Crippen molar-refractivity contribution >= 4 is 28.3 Å². The highest BCUT2D eigenvalue weighted by Gasteiger charge is 2.14. The molecule has 0 heterocycles. The summed E-state index contributed by atoms with van der Waals surface area (Å²) < 4.78 is 24.0. The van der Waals surface area contributed by atoms with Crippen molar-refractivity contribution in [3.05, 3.63) is 0 Å². The fraction of sp³-hybridized carbons (Fsp3) is 0.909.